The van der Waals surface area contributed by atoms with Gasteiger partial charge < -0.3 is 9.59 Å². The molecule has 70 valence electrons. The molecule has 0 radical (unpaired) electrons. The number of rotatable bonds is 2. The van der Waals surface area contributed by atoms with E-state index in [0.29, 0.717) is 0 Å². The molecule has 0 atom stereocenters. The molecule has 0 amide bonds. The highest BCUT2D eigenvalue weighted by Gasteiger charge is 2.31. The molecule has 3 nitrogen and oxygen atoms in total. The van der Waals surface area contributed by atoms with E-state index in [1.165, 1.54) is 0 Å². The molecular formula is C9H18NO2+. The molecule has 0 unspecified atom stereocenters. The fraction of sp³-hybridized carbons (Fsp3) is 0.889. The van der Waals surface area contributed by atoms with Gasteiger partial charge in [-0.15, -0.1) is 0 Å². The smallest absolute Gasteiger partial charge is 0.306 e. The van der Waals surface area contributed by atoms with E-state index >= 15 is 0 Å². The first-order chi connectivity index (χ1) is 5.57. The number of nitrogens with zero attached hydrogens (tertiary/aromatic N) is 1. The van der Waals surface area contributed by atoms with Crippen LogP contribution in [0.3, 0.4) is 0 Å². The highest BCUT2D eigenvalue weighted by molar-refractivity contribution is 5.69. The van der Waals surface area contributed by atoms with Crippen LogP contribution in [0.15, 0.2) is 0 Å². The highest BCUT2D eigenvalue weighted by atomic mass is 16.4. The van der Waals surface area contributed by atoms with Crippen LogP contribution in [0.2, 0.25) is 0 Å². The first-order valence-corrected chi connectivity index (χ1v) is 4.64. The van der Waals surface area contributed by atoms with Crippen LogP contribution < -0.4 is 0 Å². The van der Waals surface area contributed by atoms with Crippen LogP contribution in [0, 0.1) is 5.92 Å². The van der Waals surface area contributed by atoms with Gasteiger partial charge in [0.05, 0.1) is 32.6 Å². The van der Waals surface area contributed by atoms with Gasteiger partial charge in [-0.25, -0.2) is 0 Å². The summed E-state index contributed by atoms with van der Waals surface area (Å²) in [4.78, 5) is 10.6. The Morgan fingerprint density at radius 1 is 1.50 bits per heavy atom. The minimum Gasteiger partial charge on any atom is -0.481 e. The Morgan fingerprint density at radius 3 is 2.33 bits per heavy atom. The SMILES string of the molecule is CC[N+]1(C)CCC(C(=O)O)CC1. The summed E-state index contributed by atoms with van der Waals surface area (Å²) in [5, 5.41) is 8.77. The molecular weight excluding hydrogens is 154 g/mol. The van der Waals surface area contributed by atoms with E-state index in [1.54, 1.807) is 0 Å². The topological polar surface area (TPSA) is 37.3 Å². The molecule has 0 bridgehead atoms. The zero-order chi connectivity index (χ0) is 9.19. The molecule has 0 aromatic rings. The minimum atomic E-state index is -0.614. The number of piperidine rings is 1. The summed E-state index contributed by atoms with van der Waals surface area (Å²) in [5.41, 5.74) is 0. The largest absolute Gasteiger partial charge is 0.481 e. The van der Waals surface area contributed by atoms with Crippen molar-refractivity contribution in [2.75, 3.05) is 26.7 Å². The van der Waals surface area contributed by atoms with Crippen molar-refractivity contribution < 1.29 is 14.4 Å². The van der Waals surface area contributed by atoms with Crippen molar-refractivity contribution in [3.63, 3.8) is 0 Å². The third kappa shape index (κ3) is 1.97. The van der Waals surface area contributed by atoms with Crippen molar-refractivity contribution in [3.8, 4) is 0 Å². The molecule has 0 aliphatic carbocycles. The van der Waals surface area contributed by atoms with E-state index in [4.69, 9.17) is 5.11 Å². The summed E-state index contributed by atoms with van der Waals surface area (Å²) in [7, 11) is 2.21. The van der Waals surface area contributed by atoms with Crippen LogP contribution in [0.5, 0.6) is 0 Å². The Kier molecular flexibility index (Phi) is 2.73. The Balaban J connectivity index is 2.44. The van der Waals surface area contributed by atoms with E-state index in [0.717, 1.165) is 37.0 Å². The van der Waals surface area contributed by atoms with Crippen LogP contribution >= 0.6 is 0 Å². The molecule has 0 spiro atoms. The van der Waals surface area contributed by atoms with Gasteiger partial charge in [0, 0.05) is 12.8 Å². The standard InChI is InChI=1S/C9H17NO2/c1-3-10(2)6-4-8(5-7-10)9(11)12/h8H,3-7H2,1-2H3/p+1. The van der Waals surface area contributed by atoms with Gasteiger partial charge in [-0.05, 0) is 6.92 Å². The van der Waals surface area contributed by atoms with Gasteiger partial charge in [-0.1, -0.05) is 0 Å². The van der Waals surface area contributed by atoms with Crippen molar-refractivity contribution in [2.45, 2.75) is 19.8 Å². The summed E-state index contributed by atoms with van der Waals surface area (Å²) >= 11 is 0. The first-order valence-electron chi connectivity index (χ1n) is 4.64. The second-order valence-electron chi connectivity index (χ2n) is 4.00. The van der Waals surface area contributed by atoms with Crippen LogP contribution in [0.1, 0.15) is 19.8 Å². The number of carbonyl (C=O) groups is 1. The third-order valence-corrected chi connectivity index (χ3v) is 3.15. The zero-order valence-corrected chi connectivity index (χ0v) is 7.92. The molecule has 1 aliphatic heterocycles. The highest BCUT2D eigenvalue weighted by Crippen LogP contribution is 2.21. The number of quaternary nitrogens is 1. The van der Waals surface area contributed by atoms with Gasteiger partial charge in [-0.2, -0.15) is 0 Å². The number of hydrogen-bond acceptors (Lipinski definition) is 1. The fourth-order valence-electron chi connectivity index (χ4n) is 1.75. The lowest BCUT2D eigenvalue weighted by Crippen LogP contribution is -2.50. The maximum atomic E-state index is 10.6. The number of likely N-dealkylation sites (tertiary alicyclic amines) is 1. The lowest BCUT2D eigenvalue weighted by Gasteiger charge is -2.38. The van der Waals surface area contributed by atoms with Crippen molar-refractivity contribution in [1.29, 1.82) is 0 Å². The number of carboxylic acids is 1. The lowest BCUT2D eigenvalue weighted by molar-refractivity contribution is -0.913. The average Bonchev–Trinajstić information content (AvgIpc) is 2.05. The summed E-state index contributed by atoms with van der Waals surface area (Å²) < 4.78 is 1.05. The Labute approximate surface area is 73.6 Å². The Hall–Kier alpha value is -0.570. The van der Waals surface area contributed by atoms with Gasteiger partial charge in [0.25, 0.3) is 0 Å². The van der Waals surface area contributed by atoms with Crippen LogP contribution in [-0.2, 0) is 4.79 Å². The normalized spacial score (nSPS) is 36.3. The quantitative estimate of drug-likeness (QED) is 0.630. The van der Waals surface area contributed by atoms with Crippen molar-refractivity contribution in [2.24, 2.45) is 5.92 Å². The van der Waals surface area contributed by atoms with Gasteiger partial charge in [0.15, 0.2) is 0 Å². The lowest BCUT2D eigenvalue weighted by atomic mass is 9.96. The molecule has 12 heavy (non-hydrogen) atoms. The van der Waals surface area contributed by atoms with Crippen LogP contribution in [0.4, 0.5) is 0 Å². The maximum Gasteiger partial charge on any atom is 0.306 e. The van der Waals surface area contributed by atoms with Gasteiger partial charge in [0.1, 0.15) is 0 Å². The predicted octanol–water partition coefficient (Wildman–Crippen LogP) is 0.948. The molecule has 1 saturated heterocycles. The zero-order valence-electron chi connectivity index (χ0n) is 7.92. The van der Waals surface area contributed by atoms with Crippen molar-refractivity contribution >= 4 is 5.97 Å². The van der Waals surface area contributed by atoms with Gasteiger partial charge in [0.2, 0.25) is 0 Å². The van der Waals surface area contributed by atoms with Crippen LogP contribution in [0.25, 0.3) is 0 Å². The average molecular weight is 172 g/mol. The number of carboxylic acid groups (broad SMARTS) is 1. The summed E-state index contributed by atoms with van der Waals surface area (Å²) in [6.07, 6.45) is 1.69. The summed E-state index contributed by atoms with van der Waals surface area (Å²) in [6.45, 7) is 5.33. The molecule has 0 aromatic carbocycles. The monoisotopic (exact) mass is 172 g/mol. The van der Waals surface area contributed by atoms with Crippen molar-refractivity contribution in [3.05, 3.63) is 0 Å². The van der Waals surface area contributed by atoms with E-state index in [-0.39, 0.29) is 5.92 Å². The van der Waals surface area contributed by atoms with Gasteiger partial charge in [-0.3, -0.25) is 4.79 Å². The Bertz CT molecular complexity index is 171. The second-order valence-corrected chi connectivity index (χ2v) is 4.00. The first kappa shape index (κ1) is 9.52. The second kappa shape index (κ2) is 3.44. The summed E-state index contributed by atoms with van der Waals surface area (Å²) in [6, 6.07) is 0. The number of hydrogen-bond donors (Lipinski definition) is 1. The molecule has 1 heterocycles. The molecule has 1 rings (SSSR count). The molecule has 1 aliphatic rings. The summed E-state index contributed by atoms with van der Waals surface area (Å²) in [5.74, 6) is -0.694. The number of aliphatic carboxylic acids is 1. The van der Waals surface area contributed by atoms with E-state index in [9.17, 15) is 4.79 Å². The molecule has 0 saturated carbocycles. The maximum absolute atomic E-state index is 10.6. The third-order valence-electron chi connectivity index (χ3n) is 3.15. The molecule has 0 aromatic heterocycles. The minimum absolute atomic E-state index is 0.0808. The van der Waals surface area contributed by atoms with E-state index < -0.39 is 5.97 Å². The van der Waals surface area contributed by atoms with E-state index in [1.807, 2.05) is 0 Å². The van der Waals surface area contributed by atoms with Crippen LogP contribution in [-0.4, -0.2) is 42.2 Å². The van der Waals surface area contributed by atoms with Crippen molar-refractivity contribution in [1.82, 2.24) is 0 Å². The van der Waals surface area contributed by atoms with E-state index in [2.05, 4.69) is 14.0 Å². The molecule has 1 fully saturated rings. The Morgan fingerprint density at radius 2 is 2.00 bits per heavy atom. The molecule has 3 heteroatoms. The molecule has 1 N–H and O–H groups in total. The predicted molar refractivity (Wildman–Crippen MR) is 46.8 cm³/mol. The fourth-order valence-corrected chi connectivity index (χ4v) is 1.75. The van der Waals surface area contributed by atoms with Gasteiger partial charge >= 0.3 is 5.97 Å².